The van der Waals surface area contributed by atoms with Gasteiger partial charge >= 0.3 is 0 Å². The number of hydrogen-bond acceptors (Lipinski definition) is 5. The first kappa shape index (κ1) is 19.3. The van der Waals surface area contributed by atoms with Crippen molar-refractivity contribution in [2.75, 3.05) is 18.5 Å². The maximum absolute atomic E-state index is 14.4. The van der Waals surface area contributed by atoms with Crippen LogP contribution in [0.15, 0.2) is 48.7 Å². The minimum Gasteiger partial charge on any atom is -0.374 e. The number of anilines is 1. The predicted octanol–water partition coefficient (Wildman–Crippen LogP) is 2.41. The quantitative estimate of drug-likeness (QED) is 0.694. The van der Waals surface area contributed by atoms with Crippen LogP contribution in [-0.4, -0.2) is 57.0 Å². The zero-order valence-electron chi connectivity index (χ0n) is 16.2. The van der Waals surface area contributed by atoms with Gasteiger partial charge in [-0.25, -0.2) is 13.5 Å². The molecule has 158 valence electrons. The zero-order chi connectivity index (χ0) is 21.5. The Kier molecular flexibility index (Phi) is 4.70. The molecular weight excluding hydrogens is 408 g/mol. The van der Waals surface area contributed by atoms with E-state index in [1.54, 1.807) is 12.1 Å². The molecule has 2 amide bonds. The summed E-state index contributed by atoms with van der Waals surface area (Å²) in [4.78, 5) is 26.9. The number of rotatable bonds is 4. The van der Waals surface area contributed by atoms with Crippen LogP contribution in [0.5, 0.6) is 0 Å². The Labute approximate surface area is 175 Å². The van der Waals surface area contributed by atoms with Crippen LogP contribution in [-0.2, 0) is 4.74 Å². The number of nitrogens with one attached hydrogen (secondary N) is 1. The summed E-state index contributed by atoms with van der Waals surface area (Å²) < 4.78 is 35.6. The molecule has 0 radical (unpaired) electrons. The number of benzene rings is 2. The van der Waals surface area contributed by atoms with Gasteiger partial charge < -0.3 is 15.0 Å². The number of carbonyl (C=O) groups is 2. The molecule has 2 aliphatic heterocycles. The fraction of sp³-hybridized carbons (Fsp3) is 0.238. The number of amides is 2. The monoisotopic (exact) mass is 425 g/mol. The lowest BCUT2D eigenvalue weighted by Gasteiger charge is -2.27. The highest BCUT2D eigenvalue weighted by Crippen LogP contribution is 2.30. The highest BCUT2D eigenvalue weighted by atomic mass is 19.1. The second kappa shape index (κ2) is 7.55. The third-order valence-electron chi connectivity index (χ3n) is 5.44. The van der Waals surface area contributed by atoms with Gasteiger partial charge in [-0.05, 0) is 24.6 Å². The number of hydrogen-bond donors (Lipinski definition) is 1. The lowest BCUT2D eigenvalue weighted by atomic mass is 10.1. The van der Waals surface area contributed by atoms with Gasteiger partial charge in [0.05, 0.1) is 41.9 Å². The number of ether oxygens (including phenoxy) is 1. The molecule has 2 fully saturated rings. The van der Waals surface area contributed by atoms with Gasteiger partial charge in [-0.15, -0.1) is 5.10 Å². The van der Waals surface area contributed by atoms with E-state index in [2.05, 4.69) is 15.6 Å². The fourth-order valence-electron chi connectivity index (χ4n) is 3.87. The lowest BCUT2D eigenvalue weighted by molar-refractivity contribution is 0.0256. The number of carbonyl (C=O) groups excluding carboxylic acids is 2. The van der Waals surface area contributed by atoms with Crippen molar-refractivity contribution in [2.45, 2.75) is 18.6 Å². The maximum Gasteiger partial charge on any atom is 0.277 e. The Morgan fingerprint density at radius 3 is 2.65 bits per heavy atom. The molecule has 2 atom stereocenters. The molecule has 10 heteroatoms. The van der Waals surface area contributed by atoms with Crippen LogP contribution in [0.1, 0.15) is 27.3 Å². The minimum atomic E-state index is -0.996. The van der Waals surface area contributed by atoms with Gasteiger partial charge in [0, 0.05) is 12.6 Å². The summed E-state index contributed by atoms with van der Waals surface area (Å²) in [6.45, 7) is 0.768. The smallest absolute Gasteiger partial charge is 0.277 e. The van der Waals surface area contributed by atoms with Crippen molar-refractivity contribution in [2.24, 2.45) is 0 Å². The Morgan fingerprint density at radius 2 is 1.94 bits per heavy atom. The van der Waals surface area contributed by atoms with Crippen LogP contribution in [0, 0.1) is 11.6 Å². The predicted molar refractivity (Wildman–Crippen MR) is 105 cm³/mol. The Morgan fingerprint density at radius 1 is 1.13 bits per heavy atom. The molecule has 1 aromatic heterocycles. The highest BCUT2D eigenvalue weighted by Gasteiger charge is 2.42. The number of halogens is 2. The summed E-state index contributed by atoms with van der Waals surface area (Å²) in [5.41, 5.74) is 0.00931. The number of morpholine rings is 1. The van der Waals surface area contributed by atoms with Gasteiger partial charge in [0.2, 0.25) is 0 Å². The topological polar surface area (TPSA) is 89.4 Å². The largest absolute Gasteiger partial charge is 0.374 e. The number of fused-ring (bicyclic) bond motifs is 2. The molecule has 2 bridgehead atoms. The number of para-hydroxylation sites is 1. The van der Waals surface area contributed by atoms with E-state index in [0.717, 1.165) is 6.07 Å². The second-order valence-corrected chi connectivity index (χ2v) is 7.45. The summed E-state index contributed by atoms with van der Waals surface area (Å²) in [7, 11) is 0. The summed E-state index contributed by atoms with van der Waals surface area (Å²) >= 11 is 0. The standard InChI is InChI=1S/C21H17F2N5O3/c22-16-8-17(23)18(7-15(16)21(30)27-9-14-6-13(27)11-31-14)24-20(29)19-10-28(26-25-19)12-4-2-1-3-5-12/h1-5,7-8,10,13-14H,6,9,11H2,(H,24,29)/t13-,14-/m0/s1. The molecule has 31 heavy (non-hydrogen) atoms. The fourth-order valence-corrected chi connectivity index (χ4v) is 3.87. The second-order valence-electron chi connectivity index (χ2n) is 7.45. The van der Waals surface area contributed by atoms with Crippen molar-refractivity contribution in [1.29, 1.82) is 0 Å². The summed E-state index contributed by atoms with van der Waals surface area (Å²) in [5, 5.41) is 10.0. The summed E-state index contributed by atoms with van der Waals surface area (Å²) in [6, 6.07) is 10.5. The third-order valence-corrected chi connectivity index (χ3v) is 5.44. The number of nitrogens with zero attached hydrogens (tertiary/aromatic N) is 4. The molecule has 1 N–H and O–H groups in total. The van der Waals surface area contributed by atoms with Gasteiger partial charge in [0.1, 0.15) is 11.6 Å². The van der Waals surface area contributed by atoms with Gasteiger partial charge in [-0.2, -0.15) is 0 Å². The van der Waals surface area contributed by atoms with Crippen molar-refractivity contribution in [3.63, 3.8) is 0 Å². The Balaban J connectivity index is 1.37. The van der Waals surface area contributed by atoms with Crippen molar-refractivity contribution in [1.82, 2.24) is 19.9 Å². The highest BCUT2D eigenvalue weighted by molar-refractivity contribution is 6.04. The van der Waals surface area contributed by atoms with Crippen LogP contribution in [0.3, 0.4) is 0 Å². The summed E-state index contributed by atoms with van der Waals surface area (Å²) in [6.07, 6.45) is 2.04. The van der Waals surface area contributed by atoms with Crippen LogP contribution in [0.2, 0.25) is 0 Å². The van der Waals surface area contributed by atoms with E-state index in [4.69, 9.17) is 4.74 Å². The van der Waals surface area contributed by atoms with Gasteiger partial charge in [-0.1, -0.05) is 23.4 Å². The average molecular weight is 425 g/mol. The van der Waals surface area contributed by atoms with E-state index in [9.17, 15) is 18.4 Å². The molecule has 8 nitrogen and oxygen atoms in total. The Hall–Kier alpha value is -3.66. The zero-order valence-corrected chi connectivity index (χ0v) is 16.2. The van der Waals surface area contributed by atoms with E-state index >= 15 is 0 Å². The molecule has 0 saturated carbocycles. The van der Waals surface area contributed by atoms with Crippen molar-refractivity contribution in [3.05, 3.63) is 71.6 Å². The molecule has 0 unspecified atom stereocenters. The molecule has 2 aliphatic rings. The van der Waals surface area contributed by atoms with Gasteiger partial charge in [0.15, 0.2) is 5.69 Å². The van der Waals surface area contributed by atoms with E-state index in [1.807, 2.05) is 18.2 Å². The third kappa shape index (κ3) is 3.55. The molecule has 5 rings (SSSR count). The average Bonchev–Trinajstić information content (AvgIpc) is 3.53. The molecule has 3 aromatic rings. The minimum absolute atomic E-state index is 0.0520. The van der Waals surface area contributed by atoms with Crippen LogP contribution in [0.4, 0.5) is 14.5 Å². The molecule has 2 aromatic carbocycles. The van der Waals surface area contributed by atoms with E-state index in [0.29, 0.717) is 31.3 Å². The van der Waals surface area contributed by atoms with Crippen molar-refractivity contribution >= 4 is 17.5 Å². The summed E-state index contributed by atoms with van der Waals surface area (Å²) in [5.74, 6) is -3.28. The van der Waals surface area contributed by atoms with Crippen LogP contribution in [0.25, 0.3) is 5.69 Å². The van der Waals surface area contributed by atoms with Crippen LogP contribution < -0.4 is 5.32 Å². The molecule has 2 saturated heterocycles. The van der Waals surface area contributed by atoms with Gasteiger partial charge in [0.25, 0.3) is 11.8 Å². The van der Waals surface area contributed by atoms with E-state index < -0.39 is 23.4 Å². The first-order valence-corrected chi connectivity index (χ1v) is 9.70. The molecule has 3 heterocycles. The van der Waals surface area contributed by atoms with Crippen molar-refractivity contribution < 1.29 is 23.1 Å². The Bertz CT molecular complexity index is 1170. The maximum atomic E-state index is 14.4. The van der Waals surface area contributed by atoms with E-state index in [1.165, 1.54) is 15.8 Å². The first-order valence-electron chi connectivity index (χ1n) is 9.70. The SMILES string of the molecule is O=C(Nc1cc(C(=O)N2C[C@@H]3C[C@H]2CO3)c(F)cc1F)c1cn(-c2ccccc2)nn1. The van der Waals surface area contributed by atoms with Crippen molar-refractivity contribution in [3.8, 4) is 5.69 Å². The normalized spacial score (nSPS) is 19.6. The number of likely N-dealkylation sites (tertiary alicyclic amines) is 1. The van der Waals surface area contributed by atoms with Crippen LogP contribution >= 0.6 is 0 Å². The van der Waals surface area contributed by atoms with Gasteiger partial charge in [-0.3, -0.25) is 9.59 Å². The number of aromatic nitrogens is 3. The lowest BCUT2D eigenvalue weighted by Crippen LogP contribution is -2.41. The van der Waals surface area contributed by atoms with E-state index in [-0.39, 0.29) is 29.1 Å². The first-order chi connectivity index (χ1) is 15.0. The molecule has 0 aliphatic carbocycles. The molecular formula is C21H17F2N5O3. The molecule has 0 spiro atoms.